The molecule has 2 aliphatic rings. The second-order valence-corrected chi connectivity index (χ2v) is 8.37. The first-order chi connectivity index (χ1) is 11.6. The van der Waals surface area contributed by atoms with Crippen LogP contribution in [0.3, 0.4) is 0 Å². The molecule has 0 saturated heterocycles. The molecule has 0 bridgehead atoms. The third kappa shape index (κ3) is 3.64. The van der Waals surface area contributed by atoms with Crippen molar-refractivity contribution in [2.45, 2.75) is 71.3 Å². The molecule has 3 rings (SSSR count). The average molecular weight is 388 g/mol. The van der Waals surface area contributed by atoms with E-state index in [2.05, 4.69) is 72.5 Å². The fourth-order valence-corrected chi connectivity index (χ4v) is 5.08. The summed E-state index contributed by atoms with van der Waals surface area (Å²) < 4.78 is 1.18. The van der Waals surface area contributed by atoms with E-state index in [-0.39, 0.29) is 0 Å². The predicted octanol–water partition coefficient (Wildman–Crippen LogP) is 6.38. The molecule has 1 N–H and O–H groups in total. The fraction of sp³-hybridized carbons (Fsp3) is 0.545. The highest BCUT2D eigenvalue weighted by molar-refractivity contribution is 9.11. The maximum absolute atomic E-state index is 3.74. The Hall–Kier alpha value is -1.02. The molecule has 1 aliphatic carbocycles. The zero-order valence-electron chi connectivity index (χ0n) is 15.2. The number of dihydropyridines is 1. The first-order valence-corrected chi connectivity index (χ1v) is 10.3. The normalized spacial score (nSPS) is 22.9. The van der Waals surface area contributed by atoms with Gasteiger partial charge in [0.05, 0.1) is 6.04 Å². The summed E-state index contributed by atoms with van der Waals surface area (Å²) in [4.78, 5) is 0. The lowest BCUT2D eigenvalue weighted by Gasteiger charge is -2.36. The Bertz CT molecular complexity index is 637. The lowest BCUT2D eigenvalue weighted by Crippen LogP contribution is -2.38. The van der Waals surface area contributed by atoms with Crippen molar-refractivity contribution in [2.24, 2.45) is 5.92 Å². The Labute approximate surface area is 155 Å². The number of allylic oxidation sites excluding steroid dienone is 2. The van der Waals surface area contributed by atoms with Crippen molar-refractivity contribution in [3.05, 3.63) is 57.2 Å². The van der Waals surface area contributed by atoms with Crippen molar-refractivity contribution in [1.82, 2.24) is 5.32 Å². The van der Waals surface area contributed by atoms with E-state index < -0.39 is 0 Å². The van der Waals surface area contributed by atoms with E-state index in [1.165, 1.54) is 48.6 Å². The smallest absolute Gasteiger partial charge is 0.0543 e. The molecule has 1 aromatic carbocycles. The van der Waals surface area contributed by atoms with Crippen LogP contribution in [-0.4, -0.2) is 6.04 Å². The van der Waals surface area contributed by atoms with Crippen molar-refractivity contribution >= 4 is 15.9 Å². The quantitative estimate of drug-likeness (QED) is 0.618. The van der Waals surface area contributed by atoms with Gasteiger partial charge < -0.3 is 5.32 Å². The van der Waals surface area contributed by atoms with Gasteiger partial charge in [0.15, 0.2) is 0 Å². The molecule has 1 heterocycles. The molecule has 0 radical (unpaired) electrons. The Morgan fingerprint density at radius 2 is 1.92 bits per heavy atom. The third-order valence-electron chi connectivity index (χ3n) is 5.65. The van der Waals surface area contributed by atoms with E-state index in [1.54, 1.807) is 16.7 Å². The van der Waals surface area contributed by atoms with Crippen LogP contribution in [0.4, 0.5) is 0 Å². The second-order valence-electron chi connectivity index (χ2n) is 7.46. The molecule has 2 unspecified atom stereocenters. The van der Waals surface area contributed by atoms with E-state index >= 15 is 0 Å². The zero-order valence-corrected chi connectivity index (χ0v) is 16.8. The third-order valence-corrected chi connectivity index (χ3v) is 6.11. The molecule has 1 aromatic rings. The van der Waals surface area contributed by atoms with Crippen LogP contribution in [0.1, 0.15) is 68.6 Å². The Morgan fingerprint density at radius 1 is 1.17 bits per heavy atom. The van der Waals surface area contributed by atoms with Gasteiger partial charge in [-0.15, -0.1) is 0 Å². The summed E-state index contributed by atoms with van der Waals surface area (Å²) in [6.45, 7) is 6.88. The lowest BCUT2D eigenvalue weighted by molar-refractivity contribution is 0.321. The number of rotatable bonds is 5. The maximum Gasteiger partial charge on any atom is 0.0543 e. The van der Waals surface area contributed by atoms with Crippen molar-refractivity contribution in [1.29, 1.82) is 0 Å². The molecular formula is C22H30BrN. The van der Waals surface area contributed by atoms with Crippen LogP contribution in [0.5, 0.6) is 0 Å². The van der Waals surface area contributed by atoms with Gasteiger partial charge in [-0.1, -0.05) is 63.3 Å². The van der Waals surface area contributed by atoms with Gasteiger partial charge in [-0.05, 0) is 64.4 Å². The van der Waals surface area contributed by atoms with Crippen LogP contribution >= 0.6 is 15.9 Å². The van der Waals surface area contributed by atoms with E-state index in [0.29, 0.717) is 12.0 Å². The molecule has 0 amide bonds. The fourth-order valence-electron chi connectivity index (χ4n) is 4.65. The van der Waals surface area contributed by atoms with Gasteiger partial charge in [0.1, 0.15) is 0 Å². The lowest BCUT2D eigenvalue weighted by atomic mass is 9.73. The molecule has 1 aliphatic heterocycles. The highest BCUT2D eigenvalue weighted by atomic mass is 79.9. The molecule has 24 heavy (non-hydrogen) atoms. The van der Waals surface area contributed by atoms with E-state index in [4.69, 9.17) is 0 Å². The highest BCUT2D eigenvalue weighted by Crippen LogP contribution is 2.43. The van der Waals surface area contributed by atoms with Gasteiger partial charge in [0.25, 0.3) is 0 Å². The summed E-state index contributed by atoms with van der Waals surface area (Å²) in [5.74, 6) is 1.34. The molecule has 2 atom stereocenters. The number of nitrogens with one attached hydrogen (secondary N) is 1. The predicted molar refractivity (Wildman–Crippen MR) is 108 cm³/mol. The van der Waals surface area contributed by atoms with Crippen molar-refractivity contribution in [2.75, 3.05) is 0 Å². The molecule has 1 nitrogen and oxygen atoms in total. The molecule has 0 fully saturated rings. The minimum absolute atomic E-state index is 0.457. The molecule has 0 aromatic heterocycles. The minimum Gasteiger partial charge on any atom is -0.383 e. The highest BCUT2D eigenvalue weighted by Gasteiger charge is 2.36. The largest absolute Gasteiger partial charge is 0.383 e. The molecule has 2 heteroatoms. The Balaban J connectivity index is 2.07. The average Bonchev–Trinajstić information content (AvgIpc) is 2.71. The number of halogens is 1. The van der Waals surface area contributed by atoms with Crippen LogP contribution in [-0.2, 0) is 6.42 Å². The van der Waals surface area contributed by atoms with Crippen LogP contribution in [0, 0.1) is 12.8 Å². The summed E-state index contributed by atoms with van der Waals surface area (Å²) in [6.07, 6.45) is 12.0. The van der Waals surface area contributed by atoms with Crippen molar-refractivity contribution in [3.63, 3.8) is 0 Å². The summed E-state index contributed by atoms with van der Waals surface area (Å²) in [5.41, 5.74) is 6.13. The molecule has 0 saturated carbocycles. The van der Waals surface area contributed by atoms with Gasteiger partial charge in [-0.2, -0.15) is 0 Å². The summed E-state index contributed by atoms with van der Waals surface area (Å²) in [6, 6.07) is 7.62. The van der Waals surface area contributed by atoms with Gasteiger partial charge in [-0.3, -0.25) is 0 Å². The van der Waals surface area contributed by atoms with Crippen molar-refractivity contribution < 1.29 is 0 Å². The topological polar surface area (TPSA) is 12.0 Å². The molecular weight excluding hydrogens is 358 g/mol. The standard InChI is InChI=1S/C22H30BrN/c1-4-6-16(7-5-2)21-20-11-8-15(3)12-17(20)9-10-18-13-19(23)14-24-22(18)21/h8,11-14,16,21-22,24H,4-7,9-10H2,1-3H3. The SMILES string of the molecule is CCCC(CCC)C1c2ccc(C)cc2CCC2=CC(Br)=CNC21. The molecule has 130 valence electrons. The Morgan fingerprint density at radius 3 is 2.62 bits per heavy atom. The van der Waals surface area contributed by atoms with Gasteiger partial charge >= 0.3 is 0 Å². The summed E-state index contributed by atoms with van der Waals surface area (Å²) in [5, 5.41) is 3.74. The van der Waals surface area contributed by atoms with E-state index in [0.717, 1.165) is 5.92 Å². The minimum atomic E-state index is 0.457. The first-order valence-electron chi connectivity index (χ1n) is 9.55. The van der Waals surface area contributed by atoms with E-state index in [9.17, 15) is 0 Å². The monoisotopic (exact) mass is 387 g/mol. The summed E-state index contributed by atoms with van der Waals surface area (Å²) >= 11 is 3.66. The molecule has 0 spiro atoms. The number of hydrogen-bond acceptors (Lipinski definition) is 1. The van der Waals surface area contributed by atoms with Crippen LogP contribution in [0.25, 0.3) is 0 Å². The van der Waals surface area contributed by atoms with Crippen molar-refractivity contribution in [3.8, 4) is 0 Å². The Kier molecular flexibility index (Phi) is 5.86. The number of benzene rings is 1. The van der Waals surface area contributed by atoms with Gasteiger partial charge in [-0.25, -0.2) is 0 Å². The van der Waals surface area contributed by atoms with Gasteiger partial charge in [0, 0.05) is 16.6 Å². The second kappa shape index (κ2) is 7.91. The summed E-state index contributed by atoms with van der Waals surface area (Å²) in [7, 11) is 0. The van der Waals surface area contributed by atoms with E-state index in [1.807, 2.05) is 0 Å². The van der Waals surface area contributed by atoms with Crippen LogP contribution in [0.2, 0.25) is 0 Å². The number of aryl methyl sites for hydroxylation is 2. The number of fused-ring (bicyclic) bond motifs is 2. The van der Waals surface area contributed by atoms with Gasteiger partial charge in [0.2, 0.25) is 0 Å². The van der Waals surface area contributed by atoms with Crippen LogP contribution in [0.15, 0.2) is 40.5 Å². The maximum atomic E-state index is 3.74. The first kappa shape index (κ1) is 17.8. The zero-order chi connectivity index (χ0) is 17.1. The number of hydrogen-bond donors (Lipinski definition) is 1. The van der Waals surface area contributed by atoms with Crippen LogP contribution < -0.4 is 5.32 Å².